The molecule has 3 rings (SSSR count). The molecule has 0 radical (unpaired) electrons. The molecule has 0 bridgehead atoms. The highest BCUT2D eigenvalue weighted by Gasteiger charge is 2.36. The lowest BCUT2D eigenvalue weighted by Gasteiger charge is -2.32. The van der Waals surface area contributed by atoms with E-state index in [4.69, 9.17) is 14.2 Å². The van der Waals surface area contributed by atoms with E-state index in [1.807, 2.05) is 68.4 Å². The minimum atomic E-state index is -1.41. The van der Waals surface area contributed by atoms with Crippen LogP contribution in [-0.4, -0.2) is 65.5 Å². The van der Waals surface area contributed by atoms with E-state index in [2.05, 4.69) is 10.6 Å². The lowest BCUT2D eigenvalue weighted by Crippen LogP contribution is -2.57. The molecule has 0 saturated carbocycles. The monoisotopic (exact) mass is 687 g/mol. The van der Waals surface area contributed by atoms with Gasteiger partial charge in [-0.15, -0.1) is 0 Å². The number of alkyl carbamates (subject to hydrolysis) is 1. The summed E-state index contributed by atoms with van der Waals surface area (Å²) in [4.78, 5) is 68.5. The number of nitrogens with one attached hydrogen (secondary N) is 2. The molecule has 0 aromatic heterocycles. The molecule has 0 aliphatic heterocycles. The molecule has 0 aliphatic rings. The smallest absolute Gasteiger partial charge is 0.408 e. The normalized spacial score (nSPS) is 12.9. The summed E-state index contributed by atoms with van der Waals surface area (Å²) >= 11 is 0. The Kier molecular flexibility index (Phi) is 15.0. The van der Waals surface area contributed by atoms with E-state index in [0.29, 0.717) is 0 Å². The molecule has 2 N–H and O–H groups in total. The lowest BCUT2D eigenvalue weighted by atomic mass is 9.99. The van der Waals surface area contributed by atoms with Crippen LogP contribution < -0.4 is 10.6 Å². The Morgan fingerprint density at radius 1 is 0.700 bits per heavy atom. The van der Waals surface area contributed by atoms with Crippen LogP contribution >= 0.6 is 0 Å². The molecular weight excluding hydrogens is 638 g/mol. The number of likely N-dealkylation sites (N-methyl/N-ethyl adjacent to an activating group) is 1. The zero-order valence-corrected chi connectivity index (χ0v) is 29.7. The third-order valence-corrected chi connectivity index (χ3v) is 7.52. The van der Waals surface area contributed by atoms with Gasteiger partial charge < -0.3 is 29.7 Å². The Morgan fingerprint density at radius 2 is 1.20 bits per heavy atom. The van der Waals surface area contributed by atoms with Crippen molar-refractivity contribution in [3.8, 4) is 0 Å². The maximum absolute atomic E-state index is 14.1. The summed E-state index contributed by atoms with van der Waals surface area (Å²) in [6.07, 6.45) is -0.897. The van der Waals surface area contributed by atoms with Crippen LogP contribution in [0.4, 0.5) is 4.79 Å². The van der Waals surface area contributed by atoms with Gasteiger partial charge in [0.1, 0.15) is 36.9 Å². The molecule has 0 spiro atoms. The number of ether oxygens (including phenoxy) is 3. The van der Waals surface area contributed by atoms with Crippen molar-refractivity contribution in [3.63, 3.8) is 0 Å². The Balaban J connectivity index is 1.86. The maximum Gasteiger partial charge on any atom is 0.408 e. The van der Waals surface area contributed by atoms with Crippen molar-refractivity contribution in [2.24, 2.45) is 5.92 Å². The predicted molar refractivity (Wildman–Crippen MR) is 188 cm³/mol. The predicted octanol–water partition coefficient (Wildman–Crippen LogP) is 5.36. The van der Waals surface area contributed by atoms with Gasteiger partial charge in [0.25, 0.3) is 0 Å². The van der Waals surface area contributed by atoms with Gasteiger partial charge in [-0.1, -0.05) is 105 Å². The van der Waals surface area contributed by atoms with Gasteiger partial charge in [0, 0.05) is 13.5 Å². The van der Waals surface area contributed by atoms with Crippen molar-refractivity contribution in [2.45, 2.75) is 90.8 Å². The molecule has 11 nitrogen and oxygen atoms in total. The largest absolute Gasteiger partial charge is 0.461 e. The number of rotatable bonds is 16. The van der Waals surface area contributed by atoms with E-state index >= 15 is 0 Å². The summed E-state index contributed by atoms with van der Waals surface area (Å²) in [6.45, 7) is 8.88. The van der Waals surface area contributed by atoms with Gasteiger partial charge in [0.05, 0.1) is 6.42 Å². The molecule has 0 heterocycles. The molecule has 0 saturated heterocycles. The van der Waals surface area contributed by atoms with E-state index in [-0.39, 0.29) is 32.0 Å². The van der Waals surface area contributed by atoms with Gasteiger partial charge in [-0.3, -0.25) is 14.4 Å². The third kappa shape index (κ3) is 13.7. The molecule has 3 aromatic carbocycles. The summed E-state index contributed by atoms with van der Waals surface area (Å²) in [5, 5.41) is 5.34. The molecule has 3 amide bonds. The molecule has 11 heteroatoms. The molecule has 3 aromatic rings. The molecule has 268 valence electrons. The lowest BCUT2D eigenvalue weighted by molar-refractivity contribution is -0.155. The number of hydrogen-bond donors (Lipinski definition) is 2. The van der Waals surface area contributed by atoms with Gasteiger partial charge >= 0.3 is 18.0 Å². The Labute approximate surface area is 294 Å². The summed E-state index contributed by atoms with van der Waals surface area (Å²) in [5.74, 6) is -2.76. The van der Waals surface area contributed by atoms with Crippen LogP contribution in [0, 0.1) is 5.92 Å². The SMILES string of the molecule is CC(C)C[C@H](NC(=O)OC(C)(C)C)C(=O)N(C)[C@@H](Cc1ccccc1)C(=O)N[C@@H](CC(=O)OCc1ccccc1)C(=O)OCc1ccccc1. The van der Waals surface area contributed by atoms with Gasteiger partial charge in [0.15, 0.2) is 0 Å². The highest BCUT2D eigenvalue weighted by molar-refractivity contribution is 5.94. The summed E-state index contributed by atoms with van der Waals surface area (Å²) in [6, 6.07) is 23.6. The average Bonchev–Trinajstić information content (AvgIpc) is 3.07. The zero-order chi connectivity index (χ0) is 36.7. The van der Waals surface area contributed by atoms with Crippen molar-refractivity contribution >= 4 is 29.8 Å². The van der Waals surface area contributed by atoms with Gasteiger partial charge in [0.2, 0.25) is 11.8 Å². The van der Waals surface area contributed by atoms with Gasteiger partial charge in [-0.25, -0.2) is 9.59 Å². The quantitative estimate of drug-likeness (QED) is 0.152. The Morgan fingerprint density at radius 3 is 1.70 bits per heavy atom. The van der Waals surface area contributed by atoms with Crippen LogP contribution in [0.1, 0.15) is 64.2 Å². The van der Waals surface area contributed by atoms with Crippen molar-refractivity contribution in [1.29, 1.82) is 0 Å². The topological polar surface area (TPSA) is 140 Å². The minimum Gasteiger partial charge on any atom is -0.461 e. The Bertz CT molecular complexity index is 1540. The van der Waals surface area contributed by atoms with E-state index in [1.54, 1.807) is 57.2 Å². The van der Waals surface area contributed by atoms with E-state index in [1.165, 1.54) is 11.9 Å². The van der Waals surface area contributed by atoms with Crippen molar-refractivity contribution in [3.05, 3.63) is 108 Å². The second kappa shape index (κ2) is 19.1. The first-order chi connectivity index (χ1) is 23.7. The number of nitrogens with zero attached hydrogens (tertiary/aromatic N) is 1. The third-order valence-electron chi connectivity index (χ3n) is 7.52. The first kappa shape index (κ1) is 39.3. The minimum absolute atomic E-state index is 0.0133. The van der Waals surface area contributed by atoms with Crippen molar-refractivity contribution < 1.29 is 38.2 Å². The number of amides is 3. The fourth-order valence-corrected chi connectivity index (χ4v) is 5.04. The number of benzene rings is 3. The average molecular weight is 688 g/mol. The van der Waals surface area contributed by atoms with E-state index in [0.717, 1.165) is 16.7 Å². The molecule has 50 heavy (non-hydrogen) atoms. The van der Waals surface area contributed by atoms with Crippen LogP contribution in [-0.2, 0) is 53.0 Å². The highest BCUT2D eigenvalue weighted by Crippen LogP contribution is 2.16. The van der Waals surface area contributed by atoms with E-state index < -0.39 is 60.0 Å². The number of hydrogen-bond acceptors (Lipinski definition) is 8. The van der Waals surface area contributed by atoms with Crippen LogP contribution in [0.2, 0.25) is 0 Å². The van der Waals surface area contributed by atoms with Gasteiger partial charge in [-0.05, 0) is 49.8 Å². The van der Waals surface area contributed by atoms with Crippen LogP contribution in [0.15, 0.2) is 91.0 Å². The molecular formula is C39H49N3O8. The van der Waals surface area contributed by atoms with Crippen LogP contribution in [0.5, 0.6) is 0 Å². The van der Waals surface area contributed by atoms with Crippen molar-refractivity contribution in [2.75, 3.05) is 7.05 Å². The standard InChI is InChI=1S/C39H49N3O8/c1-27(2)22-31(41-38(47)50-39(3,4)5)36(45)42(6)33(23-28-16-10-7-11-17-28)35(44)40-32(37(46)49-26-30-20-14-9-15-21-30)24-34(43)48-25-29-18-12-8-13-19-29/h7-21,27,31-33H,22-26H2,1-6H3,(H,40,44)(H,41,47)/t31-,32-,33-/m0/s1. The summed E-state index contributed by atoms with van der Waals surface area (Å²) in [5.41, 5.74) is 1.44. The van der Waals surface area contributed by atoms with Crippen molar-refractivity contribution in [1.82, 2.24) is 15.5 Å². The Hall–Kier alpha value is -5.19. The first-order valence-corrected chi connectivity index (χ1v) is 16.7. The molecule has 0 unspecified atom stereocenters. The van der Waals surface area contributed by atoms with Crippen LogP contribution in [0.25, 0.3) is 0 Å². The molecule has 0 aliphatic carbocycles. The molecule has 0 fully saturated rings. The summed E-state index contributed by atoms with van der Waals surface area (Å²) in [7, 11) is 1.47. The first-order valence-electron chi connectivity index (χ1n) is 16.7. The summed E-state index contributed by atoms with van der Waals surface area (Å²) < 4.78 is 16.3. The molecule has 3 atom stereocenters. The van der Waals surface area contributed by atoms with Crippen LogP contribution in [0.3, 0.4) is 0 Å². The maximum atomic E-state index is 14.1. The second-order valence-corrected chi connectivity index (χ2v) is 13.5. The fourth-order valence-electron chi connectivity index (χ4n) is 5.04. The van der Waals surface area contributed by atoms with E-state index in [9.17, 15) is 24.0 Å². The number of carbonyl (C=O) groups is 5. The number of carbonyl (C=O) groups excluding carboxylic acids is 5. The highest BCUT2D eigenvalue weighted by atomic mass is 16.6. The second-order valence-electron chi connectivity index (χ2n) is 13.5. The number of esters is 2. The fraction of sp³-hybridized carbons (Fsp3) is 0.410. The zero-order valence-electron chi connectivity index (χ0n) is 29.7. The van der Waals surface area contributed by atoms with Gasteiger partial charge in [-0.2, -0.15) is 0 Å².